The summed E-state index contributed by atoms with van der Waals surface area (Å²) < 4.78 is 7.16. The van der Waals surface area contributed by atoms with E-state index in [0.717, 1.165) is 8.95 Å². The predicted octanol–water partition coefficient (Wildman–Crippen LogP) is 2.91. The van der Waals surface area contributed by atoms with E-state index in [0.29, 0.717) is 25.1 Å². The molecule has 1 atom stereocenters. The van der Waals surface area contributed by atoms with Crippen LogP contribution >= 0.6 is 31.9 Å². The van der Waals surface area contributed by atoms with Crippen molar-refractivity contribution in [3.05, 3.63) is 27.1 Å². The van der Waals surface area contributed by atoms with Crippen LogP contribution in [0, 0.1) is 5.92 Å². The fourth-order valence-electron chi connectivity index (χ4n) is 2.23. The molecule has 0 aromatic heterocycles. The molecule has 1 amide bonds. The van der Waals surface area contributed by atoms with Gasteiger partial charge in [-0.15, -0.1) is 0 Å². The Bertz CT molecular complexity index is 550. The summed E-state index contributed by atoms with van der Waals surface area (Å²) in [5.41, 5.74) is 0. The van der Waals surface area contributed by atoms with Crippen LogP contribution in [0.4, 0.5) is 0 Å². The Morgan fingerprint density at radius 1 is 1.38 bits per heavy atom. The van der Waals surface area contributed by atoms with E-state index >= 15 is 0 Å². The van der Waals surface area contributed by atoms with Gasteiger partial charge in [-0.2, -0.15) is 0 Å². The Morgan fingerprint density at radius 3 is 2.81 bits per heavy atom. The van der Waals surface area contributed by atoms with Gasteiger partial charge in [0.25, 0.3) is 5.91 Å². The van der Waals surface area contributed by atoms with Crippen LogP contribution in [-0.4, -0.2) is 41.6 Å². The second-order valence-corrected chi connectivity index (χ2v) is 6.65. The summed E-state index contributed by atoms with van der Waals surface area (Å²) in [6.45, 7) is 0.763. The highest BCUT2D eigenvalue weighted by atomic mass is 79.9. The Balaban J connectivity index is 1.90. The predicted molar refractivity (Wildman–Crippen MR) is 84.3 cm³/mol. The molecule has 0 aliphatic carbocycles. The largest absolute Gasteiger partial charge is 0.483 e. The Hall–Kier alpha value is -1.08. The fourth-order valence-corrected chi connectivity index (χ4v) is 3.39. The summed E-state index contributed by atoms with van der Waals surface area (Å²) in [4.78, 5) is 24.7. The number of halogens is 2. The van der Waals surface area contributed by atoms with Crippen molar-refractivity contribution in [1.82, 2.24) is 4.90 Å². The first-order valence-corrected chi connectivity index (χ1v) is 8.14. The van der Waals surface area contributed by atoms with E-state index in [1.165, 1.54) is 0 Å². The van der Waals surface area contributed by atoms with Crippen LogP contribution in [0.2, 0.25) is 0 Å². The summed E-state index contributed by atoms with van der Waals surface area (Å²) >= 11 is 6.71. The van der Waals surface area contributed by atoms with Crippen LogP contribution in [0.1, 0.15) is 12.8 Å². The number of hydrogen-bond acceptors (Lipinski definition) is 3. The Kier molecular flexibility index (Phi) is 5.64. The fraction of sp³-hybridized carbons (Fsp3) is 0.429. The van der Waals surface area contributed by atoms with E-state index in [1.807, 2.05) is 12.1 Å². The molecule has 1 unspecified atom stereocenters. The van der Waals surface area contributed by atoms with Gasteiger partial charge in [-0.3, -0.25) is 9.59 Å². The molecule has 114 valence electrons. The zero-order valence-corrected chi connectivity index (χ0v) is 14.4. The molecule has 1 fully saturated rings. The van der Waals surface area contributed by atoms with Gasteiger partial charge in [0.1, 0.15) is 5.75 Å². The molecule has 1 heterocycles. The highest BCUT2D eigenvalue weighted by Gasteiger charge is 2.28. The number of carbonyl (C=O) groups is 2. The lowest BCUT2D eigenvalue weighted by Crippen LogP contribution is -2.44. The topological polar surface area (TPSA) is 66.8 Å². The van der Waals surface area contributed by atoms with Gasteiger partial charge in [-0.25, -0.2) is 0 Å². The van der Waals surface area contributed by atoms with Crippen molar-refractivity contribution in [3.63, 3.8) is 0 Å². The average molecular weight is 421 g/mol. The zero-order valence-electron chi connectivity index (χ0n) is 11.2. The quantitative estimate of drug-likeness (QED) is 0.813. The molecule has 5 nitrogen and oxygen atoms in total. The first-order valence-electron chi connectivity index (χ1n) is 6.56. The minimum atomic E-state index is -0.843. The van der Waals surface area contributed by atoms with Gasteiger partial charge in [-0.05, 0) is 47.0 Å². The van der Waals surface area contributed by atoms with Gasteiger partial charge in [0.15, 0.2) is 6.61 Å². The third-order valence-corrected chi connectivity index (χ3v) is 4.48. The first kappa shape index (κ1) is 16.3. The molecule has 1 aromatic carbocycles. The number of ether oxygens (including phenoxy) is 1. The summed E-state index contributed by atoms with van der Waals surface area (Å²) in [7, 11) is 0. The van der Waals surface area contributed by atoms with Crippen LogP contribution in [0.5, 0.6) is 5.75 Å². The molecule has 7 heteroatoms. The number of amides is 1. The molecule has 1 aromatic rings. The van der Waals surface area contributed by atoms with Crippen molar-refractivity contribution < 1.29 is 19.4 Å². The lowest BCUT2D eigenvalue weighted by atomic mass is 9.98. The molecule has 0 bridgehead atoms. The van der Waals surface area contributed by atoms with E-state index in [9.17, 15) is 9.59 Å². The molecule has 1 N–H and O–H groups in total. The minimum Gasteiger partial charge on any atom is -0.483 e. The number of carboxylic acid groups (broad SMARTS) is 1. The molecule has 0 radical (unpaired) electrons. The van der Waals surface area contributed by atoms with Gasteiger partial charge < -0.3 is 14.7 Å². The summed E-state index contributed by atoms with van der Waals surface area (Å²) in [6, 6.07) is 5.42. The maximum atomic E-state index is 12.1. The van der Waals surface area contributed by atoms with Crippen LogP contribution in [-0.2, 0) is 9.59 Å². The Labute approximate surface area is 139 Å². The third kappa shape index (κ3) is 4.44. The standard InChI is InChI=1S/C14H15Br2NO4/c15-10-3-4-12(11(16)6-10)21-8-13(18)17-5-1-2-9(7-17)14(19)20/h3-4,6,9H,1-2,5,7-8H2,(H,19,20). The minimum absolute atomic E-state index is 0.0907. The number of likely N-dealkylation sites (tertiary alicyclic amines) is 1. The molecule has 0 spiro atoms. The molecular formula is C14H15Br2NO4. The smallest absolute Gasteiger partial charge is 0.308 e. The summed E-state index contributed by atoms with van der Waals surface area (Å²) in [5, 5.41) is 9.03. The van der Waals surface area contributed by atoms with Crippen LogP contribution in [0.3, 0.4) is 0 Å². The van der Waals surface area contributed by atoms with E-state index in [2.05, 4.69) is 31.9 Å². The van der Waals surface area contributed by atoms with Gasteiger partial charge in [0.2, 0.25) is 0 Å². The molecule has 21 heavy (non-hydrogen) atoms. The van der Waals surface area contributed by atoms with Crippen molar-refractivity contribution in [2.45, 2.75) is 12.8 Å². The number of aliphatic carboxylic acids is 1. The second-order valence-electron chi connectivity index (χ2n) is 4.88. The summed E-state index contributed by atoms with van der Waals surface area (Å²) in [5.74, 6) is -0.916. The lowest BCUT2D eigenvalue weighted by Gasteiger charge is -2.30. The van der Waals surface area contributed by atoms with Crippen molar-refractivity contribution in [3.8, 4) is 5.75 Å². The van der Waals surface area contributed by atoms with Crippen LogP contribution in [0.15, 0.2) is 27.1 Å². The second kappa shape index (κ2) is 7.26. The van der Waals surface area contributed by atoms with E-state index in [-0.39, 0.29) is 19.1 Å². The number of piperidine rings is 1. The van der Waals surface area contributed by atoms with Gasteiger partial charge in [0.05, 0.1) is 10.4 Å². The van der Waals surface area contributed by atoms with Gasteiger partial charge in [-0.1, -0.05) is 15.9 Å². The molecule has 0 saturated carbocycles. The maximum Gasteiger partial charge on any atom is 0.308 e. The Morgan fingerprint density at radius 2 is 2.14 bits per heavy atom. The normalized spacial score (nSPS) is 18.4. The van der Waals surface area contributed by atoms with Gasteiger partial charge >= 0.3 is 5.97 Å². The monoisotopic (exact) mass is 419 g/mol. The number of carboxylic acids is 1. The molecule has 1 saturated heterocycles. The van der Waals surface area contributed by atoms with Crippen molar-refractivity contribution in [2.24, 2.45) is 5.92 Å². The molecular weight excluding hydrogens is 406 g/mol. The number of carbonyl (C=O) groups excluding carboxylic acids is 1. The van der Waals surface area contributed by atoms with Crippen LogP contribution < -0.4 is 4.74 Å². The number of hydrogen-bond donors (Lipinski definition) is 1. The molecule has 1 aliphatic rings. The van der Waals surface area contributed by atoms with Crippen molar-refractivity contribution in [1.29, 1.82) is 0 Å². The number of rotatable bonds is 4. The first-order chi connectivity index (χ1) is 9.97. The average Bonchev–Trinajstić information content (AvgIpc) is 2.46. The molecule has 2 rings (SSSR count). The summed E-state index contributed by atoms with van der Waals surface area (Å²) in [6.07, 6.45) is 1.34. The van der Waals surface area contributed by atoms with Crippen molar-refractivity contribution in [2.75, 3.05) is 19.7 Å². The van der Waals surface area contributed by atoms with Crippen LogP contribution in [0.25, 0.3) is 0 Å². The SMILES string of the molecule is O=C(O)C1CCCN(C(=O)COc2ccc(Br)cc2Br)C1. The van der Waals surface area contributed by atoms with Gasteiger partial charge in [0, 0.05) is 17.6 Å². The maximum absolute atomic E-state index is 12.1. The van der Waals surface area contributed by atoms with E-state index in [4.69, 9.17) is 9.84 Å². The highest BCUT2D eigenvalue weighted by molar-refractivity contribution is 9.11. The van der Waals surface area contributed by atoms with E-state index in [1.54, 1.807) is 11.0 Å². The number of nitrogens with zero attached hydrogens (tertiary/aromatic N) is 1. The highest BCUT2D eigenvalue weighted by Crippen LogP contribution is 2.28. The molecule has 1 aliphatic heterocycles. The van der Waals surface area contributed by atoms with E-state index < -0.39 is 11.9 Å². The lowest BCUT2D eigenvalue weighted by molar-refractivity contribution is -0.146. The third-order valence-electron chi connectivity index (χ3n) is 3.37. The number of benzene rings is 1. The van der Waals surface area contributed by atoms with Crippen molar-refractivity contribution >= 4 is 43.7 Å². The zero-order chi connectivity index (χ0) is 15.4.